The summed E-state index contributed by atoms with van der Waals surface area (Å²) in [5.74, 6) is 0.0986. The van der Waals surface area contributed by atoms with Crippen LogP contribution in [0.5, 0.6) is 5.75 Å². The number of anilines is 1. The summed E-state index contributed by atoms with van der Waals surface area (Å²) in [7, 11) is 1.56. The molecule has 2 N–H and O–H groups in total. The third kappa shape index (κ3) is 4.46. The van der Waals surface area contributed by atoms with Crippen molar-refractivity contribution < 1.29 is 14.3 Å². The fraction of sp³-hybridized carbons (Fsp3) is 0.105. The van der Waals surface area contributed by atoms with Crippen molar-refractivity contribution in [2.24, 2.45) is 0 Å². The minimum atomic E-state index is -0.279. The van der Waals surface area contributed by atoms with Gasteiger partial charge in [0.25, 0.3) is 11.8 Å². The highest BCUT2D eigenvalue weighted by molar-refractivity contribution is 7.07. The van der Waals surface area contributed by atoms with Crippen LogP contribution < -0.4 is 15.4 Å². The molecule has 0 radical (unpaired) electrons. The van der Waals surface area contributed by atoms with Crippen LogP contribution in [-0.4, -0.2) is 23.8 Å². The molecule has 0 spiro atoms. The molecule has 0 aliphatic heterocycles. The van der Waals surface area contributed by atoms with E-state index < -0.39 is 0 Å². The van der Waals surface area contributed by atoms with E-state index in [2.05, 4.69) is 15.6 Å². The van der Waals surface area contributed by atoms with Crippen molar-refractivity contribution in [1.82, 2.24) is 10.3 Å². The SMILES string of the molecule is CNC(=O)c1cccc(NC(=O)c2cccc(OCc3cscn3)c2)c1. The molecule has 3 rings (SSSR count). The zero-order chi connectivity index (χ0) is 18.4. The maximum absolute atomic E-state index is 12.5. The summed E-state index contributed by atoms with van der Waals surface area (Å²) in [4.78, 5) is 28.3. The molecule has 2 aromatic carbocycles. The molecule has 0 aliphatic rings. The average Bonchev–Trinajstić information content (AvgIpc) is 3.20. The zero-order valence-corrected chi connectivity index (χ0v) is 14.9. The minimum absolute atomic E-state index is 0.210. The molecule has 2 amide bonds. The Morgan fingerprint density at radius 1 is 1.08 bits per heavy atom. The summed E-state index contributed by atoms with van der Waals surface area (Å²) >= 11 is 1.51. The molecular weight excluding hydrogens is 350 g/mol. The average molecular weight is 367 g/mol. The van der Waals surface area contributed by atoms with Gasteiger partial charge in [0, 0.05) is 29.2 Å². The van der Waals surface area contributed by atoms with Gasteiger partial charge in [-0.15, -0.1) is 11.3 Å². The molecule has 0 unspecified atom stereocenters. The third-order valence-corrected chi connectivity index (χ3v) is 4.21. The monoisotopic (exact) mass is 367 g/mol. The van der Waals surface area contributed by atoms with Crippen molar-refractivity contribution in [2.75, 3.05) is 12.4 Å². The normalized spacial score (nSPS) is 10.2. The topological polar surface area (TPSA) is 80.3 Å². The molecular formula is C19H17N3O3S. The predicted molar refractivity (Wildman–Crippen MR) is 101 cm³/mol. The first-order valence-corrected chi connectivity index (χ1v) is 8.83. The van der Waals surface area contributed by atoms with Gasteiger partial charge in [-0.25, -0.2) is 4.98 Å². The molecule has 1 aromatic heterocycles. The molecule has 0 atom stereocenters. The summed E-state index contributed by atoms with van der Waals surface area (Å²) in [5.41, 5.74) is 4.08. The van der Waals surface area contributed by atoms with Gasteiger partial charge in [-0.1, -0.05) is 12.1 Å². The Morgan fingerprint density at radius 3 is 2.58 bits per heavy atom. The van der Waals surface area contributed by atoms with E-state index in [4.69, 9.17) is 4.74 Å². The summed E-state index contributed by atoms with van der Waals surface area (Å²) < 4.78 is 5.67. The number of nitrogens with one attached hydrogen (secondary N) is 2. The van der Waals surface area contributed by atoms with Crippen LogP contribution in [0.4, 0.5) is 5.69 Å². The van der Waals surface area contributed by atoms with Crippen molar-refractivity contribution in [3.05, 3.63) is 76.2 Å². The van der Waals surface area contributed by atoms with E-state index in [9.17, 15) is 9.59 Å². The van der Waals surface area contributed by atoms with Gasteiger partial charge in [-0.05, 0) is 36.4 Å². The Bertz CT molecular complexity index is 910. The van der Waals surface area contributed by atoms with Crippen LogP contribution in [0, 0.1) is 0 Å². The Hall–Kier alpha value is -3.19. The molecule has 0 fully saturated rings. The predicted octanol–water partition coefficient (Wildman–Crippen LogP) is 3.33. The Balaban J connectivity index is 1.68. The Labute approximate surface area is 154 Å². The zero-order valence-electron chi connectivity index (χ0n) is 14.1. The lowest BCUT2D eigenvalue weighted by atomic mass is 10.1. The number of carbonyl (C=O) groups excluding carboxylic acids is 2. The van der Waals surface area contributed by atoms with Gasteiger partial charge in [0.05, 0.1) is 11.2 Å². The first-order valence-electron chi connectivity index (χ1n) is 7.89. The van der Waals surface area contributed by atoms with Crippen molar-refractivity contribution in [3.8, 4) is 5.75 Å². The number of thiazole rings is 1. The standard InChI is InChI=1S/C19H17N3O3S/c1-20-18(23)13-4-2-6-15(8-13)22-19(24)14-5-3-7-17(9-14)25-10-16-11-26-12-21-16/h2-9,11-12H,10H2,1H3,(H,20,23)(H,22,24). The molecule has 26 heavy (non-hydrogen) atoms. The number of benzene rings is 2. The highest BCUT2D eigenvalue weighted by Gasteiger charge is 2.10. The molecule has 0 bridgehead atoms. The summed E-state index contributed by atoms with van der Waals surface area (Å²) in [6.45, 7) is 0.350. The number of hydrogen-bond donors (Lipinski definition) is 2. The number of aromatic nitrogens is 1. The van der Waals surface area contributed by atoms with Gasteiger partial charge in [0.2, 0.25) is 0 Å². The van der Waals surface area contributed by atoms with Gasteiger partial charge in [0.15, 0.2) is 0 Å². The molecule has 6 nitrogen and oxygen atoms in total. The number of nitrogens with zero attached hydrogens (tertiary/aromatic N) is 1. The van der Waals surface area contributed by atoms with E-state index in [1.54, 1.807) is 61.1 Å². The second-order valence-electron chi connectivity index (χ2n) is 5.41. The molecule has 0 saturated carbocycles. The maximum Gasteiger partial charge on any atom is 0.255 e. The molecule has 3 aromatic rings. The number of rotatable bonds is 6. The van der Waals surface area contributed by atoms with E-state index in [0.29, 0.717) is 29.2 Å². The van der Waals surface area contributed by atoms with Crippen LogP contribution in [0.25, 0.3) is 0 Å². The van der Waals surface area contributed by atoms with E-state index in [1.807, 2.05) is 5.38 Å². The van der Waals surface area contributed by atoms with Crippen LogP contribution in [0.1, 0.15) is 26.4 Å². The van der Waals surface area contributed by atoms with Gasteiger partial charge >= 0.3 is 0 Å². The van der Waals surface area contributed by atoms with E-state index in [1.165, 1.54) is 11.3 Å². The Kier molecular flexibility index (Phi) is 5.60. The van der Waals surface area contributed by atoms with E-state index in [-0.39, 0.29) is 11.8 Å². The fourth-order valence-electron chi connectivity index (χ4n) is 2.28. The number of amides is 2. The third-order valence-electron chi connectivity index (χ3n) is 3.58. The lowest BCUT2D eigenvalue weighted by molar-refractivity contribution is 0.0961. The lowest BCUT2D eigenvalue weighted by Gasteiger charge is -2.09. The van der Waals surface area contributed by atoms with Crippen LogP contribution in [0.2, 0.25) is 0 Å². The summed E-state index contributed by atoms with van der Waals surface area (Å²) in [6.07, 6.45) is 0. The van der Waals surface area contributed by atoms with Crippen LogP contribution in [-0.2, 0) is 6.61 Å². The second kappa shape index (κ2) is 8.26. The van der Waals surface area contributed by atoms with Crippen LogP contribution in [0.15, 0.2) is 59.4 Å². The highest BCUT2D eigenvalue weighted by Crippen LogP contribution is 2.17. The van der Waals surface area contributed by atoms with Crippen molar-refractivity contribution in [2.45, 2.75) is 6.61 Å². The highest BCUT2D eigenvalue weighted by atomic mass is 32.1. The minimum Gasteiger partial charge on any atom is -0.487 e. The first-order chi connectivity index (χ1) is 12.7. The molecule has 1 heterocycles. The smallest absolute Gasteiger partial charge is 0.255 e. The van der Waals surface area contributed by atoms with Gasteiger partial charge in [0.1, 0.15) is 12.4 Å². The van der Waals surface area contributed by atoms with Crippen molar-refractivity contribution >= 4 is 28.8 Å². The van der Waals surface area contributed by atoms with Crippen LogP contribution in [0.3, 0.4) is 0 Å². The first kappa shape index (κ1) is 17.6. The number of hydrogen-bond acceptors (Lipinski definition) is 5. The van der Waals surface area contributed by atoms with E-state index in [0.717, 1.165) is 5.69 Å². The quantitative estimate of drug-likeness (QED) is 0.700. The lowest BCUT2D eigenvalue weighted by Crippen LogP contribution is -2.18. The molecule has 7 heteroatoms. The van der Waals surface area contributed by atoms with Gasteiger partial charge in [-0.2, -0.15) is 0 Å². The largest absolute Gasteiger partial charge is 0.487 e. The molecule has 132 valence electrons. The molecule has 0 saturated heterocycles. The Morgan fingerprint density at radius 2 is 1.85 bits per heavy atom. The summed E-state index contributed by atoms with van der Waals surface area (Å²) in [5, 5.41) is 7.26. The van der Waals surface area contributed by atoms with E-state index >= 15 is 0 Å². The van der Waals surface area contributed by atoms with Crippen molar-refractivity contribution in [3.63, 3.8) is 0 Å². The fourth-order valence-corrected chi connectivity index (χ4v) is 2.82. The number of carbonyl (C=O) groups is 2. The molecule has 0 aliphatic carbocycles. The van der Waals surface area contributed by atoms with Crippen LogP contribution >= 0.6 is 11.3 Å². The van der Waals surface area contributed by atoms with Gasteiger partial charge in [-0.3, -0.25) is 9.59 Å². The van der Waals surface area contributed by atoms with Gasteiger partial charge < -0.3 is 15.4 Å². The number of ether oxygens (including phenoxy) is 1. The maximum atomic E-state index is 12.5. The second-order valence-corrected chi connectivity index (χ2v) is 6.13. The van der Waals surface area contributed by atoms with Crippen molar-refractivity contribution in [1.29, 1.82) is 0 Å². The summed E-state index contributed by atoms with van der Waals surface area (Å²) in [6, 6.07) is 13.7.